The summed E-state index contributed by atoms with van der Waals surface area (Å²) in [5, 5.41) is 13.6. The van der Waals surface area contributed by atoms with Crippen molar-refractivity contribution in [1.29, 1.82) is 5.26 Å². The minimum Gasteiger partial charge on any atom is -0.444 e. The average molecular weight is 514 g/mol. The minimum absolute atomic E-state index is 0.0506. The van der Waals surface area contributed by atoms with Crippen molar-refractivity contribution in [3.8, 4) is 17.3 Å². The molecule has 0 spiro atoms. The normalized spacial score (nSPS) is 14.3. The zero-order chi connectivity index (χ0) is 27.1. The Morgan fingerprint density at radius 2 is 1.89 bits per heavy atom. The van der Waals surface area contributed by atoms with Crippen molar-refractivity contribution in [2.75, 3.05) is 31.6 Å². The third-order valence-corrected chi connectivity index (χ3v) is 5.84. The van der Waals surface area contributed by atoms with Crippen LogP contribution in [0.2, 0.25) is 0 Å². The summed E-state index contributed by atoms with van der Waals surface area (Å²) in [4.78, 5) is 35.7. The molecule has 2 N–H and O–H groups in total. The van der Waals surface area contributed by atoms with Crippen LogP contribution in [0.4, 0.5) is 10.7 Å². The van der Waals surface area contributed by atoms with E-state index in [1.165, 1.54) is 0 Å². The summed E-state index contributed by atoms with van der Waals surface area (Å²) in [6, 6.07) is 19.0. The summed E-state index contributed by atoms with van der Waals surface area (Å²) < 4.78 is 5.47. The summed E-state index contributed by atoms with van der Waals surface area (Å²) >= 11 is 0. The van der Waals surface area contributed by atoms with Gasteiger partial charge in [0.25, 0.3) is 5.56 Å². The van der Waals surface area contributed by atoms with Crippen LogP contribution in [0.3, 0.4) is 0 Å². The van der Waals surface area contributed by atoms with E-state index in [-0.39, 0.29) is 17.6 Å². The number of rotatable bonds is 6. The van der Waals surface area contributed by atoms with Gasteiger partial charge < -0.3 is 9.64 Å². The van der Waals surface area contributed by atoms with E-state index in [2.05, 4.69) is 31.5 Å². The topological polar surface area (TPSA) is 127 Å². The second kappa shape index (κ2) is 11.7. The van der Waals surface area contributed by atoms with Gasteiger partial charge in [-0.2, -0.15) is 10.4 Å². The lowest BCUT2D eigenvalue weighted by Gasteiger charge is -2.35. The number of carbonyl (C=O) groups excluding carboxylic acids is 1. The van der Waals surface area contributed by atoms with E-state index < -0.39 is 11.2 Å². The Balaban J connectivity index is 1.37. The van der Waals surface area contributed by atoms with Gasteiger partial charge in [0.2, 0.25) is 5.95 Å². The Morgan fingerprint density at radius 3 is 2.58 bits per heavy atom. The molecular formula is C28H31N7O3. The van der Waals surface area contributed by atoms with Gasteiger partial charge in [-0.1, -0.05) is 48.5 Å². The number of nitrogens with zero attached hydrogens (tertiary/aromatic N) is 5. The van der Waals surface area contributed by atoms with Crippen LogP contribution < -0.4 is 11.0 Å². The maximum Gasteiger partial charge on any atom is 0.410 e. The quantitative estimate of drug-likeness (QED) is 0.379. The van der Waals surface area contributed by atoms with Gasteiger partial charge >= 0.3 is 6.09 Å². The molecule has 10 heteroatoms. The number of carbonyl (C=O) groups is 1. The number of ether oxygens (including phenoxy) is 1. The molecule has 2 heterocycles. The van der Waals surface area contributed by atoms with E-state index >= 15 is 0 Å². The molecule has 10 nitrogen and oxygen atoms in total. The molecule has 1 saturated heterocycles. The lowest BCUT2D eigenvalue weighted by atomic mass is 10.1. The number of amides is 1. The zero-order valence-corrected chi connectivity index (χ0v) is 21.8. The van der Waals surface area contributed by atoms with Crippen LogP contribution in [0, 0.1) is 11.3 Å². The summed E-state index contributed by atoms with van der Waals surface area (Å²) in [6.45, 7) is 9.14. The van der Waals surface area contributed by atoms with Crippen molar-refractivity contribution in [1.82, 2.24) is 19.8 Å². The van der Waals surface area contributed by atoms with E-state index in [4.69, 9.17) is 4.74 Å². The van der Waals surface area contributed by atoms with E-state index in [9.17, 15) is 14.9 Å². The molecule has 2 aromatic carbocycles. The third kappa shape index (κ3) is 7.05. The van der Waals surface area contributed by atoms with E-state index in [0.29, 0.717) is 24.3 Å². The number of nitriles is 1. The van der Waals surface area contributed by atoms with Gasteiger partial charge in [-0.15, -0.1) is 0 Å². The fourth-order valence-electron chi connectivity index (χ4n) is 4.05. The number of anilines is 1. The van der Waals surface area contributed by atoms with Gasteiger partial charge in [0.05, 0.1) is 11.9 Å². The summed E-state index contributed by atoms with van der Waals surface area (Å²) in [6.07, 6.45) is 1.38. The summed E-state index contributed by atoms with van der Waals surface area (Å²) in [7, 11) is 0. The van der Waals surface area contributed by atoms with Gasteiger partial charge in [0, 0.05) is 38.3 Å². The Kier molecular flexibility index (Phi) is 8.19. The number of aromatic amines is 1. The molecular weight excluding hydrogens is 482 g/mol. The van der Waals surface area contributed by atoms with Gasteiger partial charge in [-0.25, -0.2) is 15.2 Å². The molecule has 38 heavy (non-hydrogen) atoms. The number of nitrogens with one attached hydrogen (secondary N) is 2. The van der Waals surface area contributed by atoms with Crippen LogP contribution in [-0.4, -0.2) is 63.9 Å². The maximum absolute atomic E-state index is 12.4. The SMILES string of the molecule is CC(C)(C)OC(=O)N1CCN(Cc2cccc(C=NNc3nc(-c4ccccc4)c(C#N)c(=O)[nH]3)c2)CC1. The molecule has 1 aromatic heterocycles. The van der Waals surface area contributed by atoms with E-state index in [1.807, 2.05) is 63.2 Å². The second-order valence-corrected chi connectivity index (χ2v) is 9.97. The van der Waals surface area contributed by atoms with Crippen LogP contribution in [0.25, 0.3) is 11.3 Å². The molecule has 196 valence electrons. The standard InChI is InChI=1S/C28H31N7O3/c1-28(2,3)38-27(37)35-14-12-34(13-15-35)19-21-9-7-8-20(16-21)18-30-33-26-31-24(22-10-5-4-6-11-22)23(17-29)25(36)32-26/h4-11,16,18H,12-15,19H2,1-3H3,(H2,31,32,33,36). The molecule has 3 aromatic rings. The van der Waals surface area contributed by atoms with Crippen LogP contribution in [0.15, 0.2) is 64.5 Å². The molecule has 0 aliphatic carbocycles. The molecule has 1 fully saturated rings. The Hall–Kier alpha value is -4.49. The maximum atomic E-state index is 12.4. The zero-order valence-electron chi connectivity index (χ0n) is 21.8. The Morgan fingerprint density at radius 1 is 1.16 bits per heavy atom. The molecule has 0 saturated carbocycles. The molecule has 0 bridgehead atoms. The van der Waals surface area contributed by atoms with E-state index in [0.717, 1.165) is 30.8 Å². The van der Waals surface area contributed by atoms with Crippen molar-refractivity contribution in [3.05, 3.63) is 81.6 Å². The van der Waals surface area contributed by atoms with Gasteiger partial charge in [0.15, 0.2) is 0 Å². The average Bonchev–Trinajstić information content (AvgIpc) is 2.88. The molecule has 1 amide bonds. The lowest BCUT2D eigenvalue weighted by molar-refractivity contribution is 0.0139. The van der Waals surface area contributed by atoms with Crippen LogP contribution in [0.5, 0.6) is 0 Å². The predicted octanol–water partition coefficient (Wildman–Crippen LogP) is 3.81. The van der Waals surface area contributed by atoms with E-state index in [1.54, 1.807) is 23.2 Å². The molecule has 4 rings (SSSR count). The van der Waals surface area contributed by atoms with Crippen LogP contribution in [0.1, 0.15) is 37.5 Å². The molecule has 1 aliphatic heterocycles. The van der Waals surface area contributed by atoms with Crippen molar-refractivity contribution in [2.45, 2.75) is 32.9 Å². The van der Waals surface area contributed by atoms with Crippen molar-refractivity contribution >= 4 is 18.3 Å². The predicted molar refractivity (Wildman–Crippen MR) is 146 cm³/mol. The number of piperazine rings is 1. The molecule has 0 radical (unpaired) electrons. The fourth-order valence-corrected chi connectivity index (χ4v) is 4.05. The molecule has 0 atom stereocenters. The minimum atomic E-state index is -0.534. The fraction of sp³-hybridized carbons (Fsp3) is 0.321. The highest BCUT2D eigenvalue weighted by Gasteiger charge is 2.25. The summed E-state index contributed by atoms with van der Waals surface area (Å²) in [5.41, 5.74) is 4.64. The third-order valence-electron chi connectivity index (χ3n) is 5.84. The highest BCUT2D eigenvalue weighted by Crippen LogP contribution is 2.19. The Labute approximate surface area is 221 Å². The molecule has 1 aliphatic rings. The number of hydrogen-bond acceptors (Lipinski definition) is 8. The highest BCUT2D eigenvalue weighted by molar-refractivity contribution is 5.80. The number of benzene rings is 2. The van der Waals surface area contributed by atoms with Gasteiger partial charge in [-0.3, -0.25) is 14.7 Å². The van der Waals surface area contributed by atoms with Crippen LogP contribution in [-0.2, 0) is 11.3 Å². The first kappa shape index (κ1) is 26.6. The lowest BCUT2D eigenvalue weighted by Crippen LogP contribution is -2.49. The van der Waals surface area contributed by atoms with Crippen molar-refractivity contribution in [3.63, 3.8) is 0 Å². The molecule has 0 unspecified atom stereocenters. The van der Waals surface area contributed by atoms with Gasteiger partial charge in [-0.05, 0) is 38.0 Å². The number of aromatic nitrogens is 2. The first-order chi connectivity index (χ1) is 18.2. The largest absolute Gasteiger partial charge is 0.444 e. The monoisotopic (exact) mass is 513 g/mol. The summed E-state index contributed by atoms with van der Waals surface area (Å²) in [5.74, 6) is 0.142. The van der Waals surface area contributed by atoms with Crippen LogP contribution >= 0.6 is 0 Å². The first-order valence-electron chi connectivity index (χ1n) is 12.4. The number of hydrazone groups is 1. The first-order valence-corrected chi connectivity index (χ1v) is 12.4. The Bertz CT molecular complexity index is 1400. The second-order valence-electron chi connectivity index (χ2n) is 9.97. The van der Waals surface area contributed by atoms with Gasteiger partial charge in [0.1, 0.15) is 17.2 Å². The smallest absolute Gasteiger partial charge is 0.410 e. The van der Waals surface area contributed by atoms with Crippen molar-refractivity contribution < 1.29 is 9.53 Å². The highest BCUT2D eigenvalue weighted by atomic mass is 16.6. The number of H-pyrrole nitrogens is 1. The van der Waals surface area contributed by atoms with Crippen molar-refractivity contribution in [2.24, 2.45) is 5.10 Å². The number of hydrogen-bond donors (Lipinski definition) is 2.